The molecule has 0 saturated heterocycles. The number of carbonyl (C=O) groups is 1. The van der Waals surface area contributed by atoms with Crippen LogP contribution in [0.1, 0.15) is 30.5 Å². The van der Waals surface area contributed by atoms with Crippen molar-refractivity contribution in [2.24, 2.45) is 43.3 Å². The predicted molar refractivity (Wildman–Crippen MR) is 126 cm³/mol. The van der Waals surface area contributed by atoms with Crippen molar-refractivity contribution >= 4 is 40.7 Å². The van der Waals surface area contributed by atoms with Gasteiger partial charge in [-0.3, -0.25) is 0 Å². The Balaban J connectivity index is 2.04. The quantitative estimate of drug-likeness (QED) is 0.233. The van der Waals surface area contributed by atoms with Crippen molar-refractivity contribution in [2.75, 3.05) is 10.6 Å². The van der Waals surface area contributed by atoms with Crippen molar-refractivity contribution in [3.8, 4) is 0 Å². The lowest BCUT2D eigenvalue weighted by Crippen LogP contribution is -2.22. The Hall–Kier alpha value is -4.41. The molecule has 2 rings (SSSR count). The first-order valence-corrected chi connectivity index (χ1v) is 9.21. The van der Waals surface area contributed by atoms with E-state index in [-0.39, 0.29) is 18.0 Å². The van der Waals surface area contributed by atoms with Crippen LogP contribution in [0.25, 0.3) is 0 Å². The monoisotopic (exact) mass is 422 g/mol. The van der Waals surface area contributed by atoms with Crippen LogP contribution in [0.4, 0.5) is 16.2 Å². The fourth-order valence-corrected chi connectivity index (χ4v) is 2.61. The Bertz CT molecular complexity index is 1060. The molecule has 0 unspecified atom stereocenters. The number of hydrogen-bond acceptors (Lipinski definition) is 5. The molecule has 11 heteroatoms. The van der Waals surface area contributed by atoms with E-state index in [0.717, 1.165) is 16.7 Å². The van der Waals surface area contributed by atoms with Crippen LogP contribution < -0.4 is 33.6 Å². The number of amides is 2. The number of benzene rings is 2. The van der Waals surface area contributed by atoms with Crippen molar-refractivity contribution in [1.29, 1.82) is 0 Å². The second-order valence-electron chi connectivity index (χ2n) is 6.61. The lowest BCUT2D eigenvalue weighted by Gasteiger charge is -2.11. The summed E-state index contributed by atoms with van der Waals surface area (Å²) < 4.78 is 0. The normalized spacial score (nSPS) is 11.5. The van der Waals surface area contributed by atoms with Gasteiger partial charge in [0.05, 0.1) is 11.4 Å². The van der Waals surface area contributed by atoms with Crippen molar-refractivity contribution in [3.63, 3.8) is 0 Å². The van der Waals surface area contributed by atoms with Crippen molar-refractivity contribution in [2.45, 2.75) is 20.8 Å². The molecular weight excluding hydrogens is 396 g/mol. The Morgan fingerprint density at radius 1 is 0.742 bits per heavy atom. The maximum atomic E-state index is 12.3. The number of anilines is 2. The molecule has 0 atom stereocenters. The molecule has 10 N–H and O–H groups in total. The molecule has 0 aliphatic carbocycles. The second-order valence-corrected chi connectivity index (χ2v) is 6.61. The number of aryl methyl sites for hydroxylation is 1. The molecule has 0 aliphatic heterocycles. The summed E-state index contributed by atoms with van der Waals surface area (Å²) in [4.78, 5) is 12.3. The molecule has 0 bridgehead atoms. The Morgan fingerprint density at radius 2 is 1.26 bits per heavy atom. The molecule has 2 aromatic carbocycles. The van der Waals surface area contributed by atoms with Gasteiger partial charge in [0.15, 0.2) is 0 Å². The zero-order valence-electron chi connectivity index (χ0n) is 17.5. The molecule has 0 aromatic heterocycles. The van der Waals surface area contributed by atoms with Gasteiger partial charge in [-0.1, -0.05) is 18.2 Å². The standard InChI is InChI=1S/C20H26N10O/c1-11-10-16(8-9-17(11)13(3)28-30-19(23)24)26-20(31)25-15-6-4-14(5-7-15)12(2)27-29-18(21)22/h4-10H,1-3H3,(H4,21,22,29)(H4,23,24,30)(H2,25,26,31). The van der Waals surface area contributed by atoms with Crippen LogP contribution in [0.5, 0.6) is 0 Å². The third kappa shape index (κ3) is 7.16. The van der Waals surface area contributed by atoms with E-state index in [9.17, 15) is 4.79 Å². The third-order valence-electron chi connectivity index (χ3n) is 4.07. The van der Waals surface area contributed by atoms with Crippen LogP contribution in [0.15, 0.2) is 62.9 Å². The molecular formula is C20H26N10O. The SMILES string of the molecule is CC(=NN=C(N)N)c1ccc(NC(=O)Nc2ccc(C(C)=NN=C(N)N)c(C)c2)cc1. The van der Waals surface area contributed by atoms with E-state index < -0.39 is 0 Å². The summed E-state index contributed by atoms with van der Waals surface area (Å²) in [6, 6.07) is 12.2. The number of nitrogens with zero attached hydrogens (tertiary/aromatic N) is 4. The van der Waals surface area contributed by atoms with Crippen LogP contribution in [-0.2, 0) is 0 Å². The maximum Gasteiger partial charge on any atom is 0.323 e. The summed E-state index contributed by atoms with van der Waals surface area (Å²) in [5.74, 6) is -0.231. The summed E-state index contributed by atoms with van der Waals surface area (Å²) in [6.07, 6.45) is 0. The van der Waals surface area contributed by atoms with Crippen LogP contribution in [0, 0.1) is 6.92 Å². The van der Waals surface area contributed by atoms with Gasteiger partial charge in [0.2, 0.25) is 11.9 Å². The number of carbonyl (C=O) groups excluding carboxylic acids is 1. The van der Waals surface area contributed by atoms with Gasteiger partial charge >= 0.3 is 6.03 Å². The van der Waals surface area contributed by atoms with Gasteiger partial charge in [-0.2, -0.15) is 10.2 Å². The minimum atomic E-state index is -0.378. The lowest BCUT2D eigenvalue weighted by atomic mass is 10.0. The van der Waals surface area contributed by atoms with Crippen molar-refractivity contribution in [1.82, 2.24) is 0 Å². The number of rotatable bonds is 6. The molecule has 31 heavy (non-hydrogen) atoms. The minimum absolute atomic E-state index is 0.115. The molecule has 2 aromatic rings. The highest BCUT2D eigenvalue weighted by Crippen LogP contribution is 2.17. The number of hydrogen-bond donors (Lipinski definition) is 6. The maximum absolute atomic E-state index is 12.3. The van der Waals surface area contributed by atoms with E-state index in [2.05, 4.69) is 31.0 Å². The molecule has 11 nitrogen and oxygen atoms in total. The summed E-state index contributed by atoms with van der Waals surface area (Å²) in [5.41, 5.74) is 26.2. The summed E-state index contributed by atoms with van der Waals surface area (Å²) >= 11 is 0. The van der Waals surface area contributed by atoms with Crippen LogP contribution in [-0.4, -0.2) is 29.4 Å². The number of guanidine groups is 2. The summed E-state index contributed by atoms with van der Waals surface area (Å²) in [7, 11) is 0. The topological polar surface area (TPSA) is 195 Å². The minimum Gasteiger partial charge on any atom is -0.369 e. The van der Waals surface area contributed by atoms with E-state index in [4.69, 9.17) is 22.9 Å². The van der Waals surface area contributed by atoms with E-state index >= 15 is 0 Å². The highest BCUT2D eigenvalue weighted by Gasteiger charge is 2.07. The zero-order chi connectivity index (χ0) is 23.0. The average Bonchev–Trinajstić information content (AvgIpc) is 2.70. The largest absolute Gasteiger partial charge is 0.369 e. The fraction of sp³-hybridized carbons (Fsp3) is 0.150. The molecule has 0 spiro atoms. The van der Waals surface area contributed by atoms with Crippen LogP contribution in [0.3, 0.4) is 0 Å². The van der Waals surface area contributed by atoms with E-state index in [1.165, 1.54) is 0 Å². The highest BCUT2D eigenvalue weighted by molar-refractivity contribution is 6.03. The number of nitrogens with one attached hydrogen (secondary N) is 2. The molecule has 0 heterocycles. The predicted octanol–water partition coefficient (Wildman–Crippen LogP) is 1.63. The van der Waals surface area contributed by atoms with E-state index in [0.29, 0.717) is 22.8 Å². The molecule has 2 amide bonds. The second kappa shape index (κ2) is 10.4. The fourth-order valence-electron chi connectivity index (χ4n) is 2.61. The smallest absolute Gasteiger partial charge is 0.323 e. The zero-order valence-corrected chi connectivity index (χ0v) is 17.5. The first-order valence-electron chi connectivity index (χ1n) is 9.21. The van der Waals surface area contributed by atoms with Gasteiger partial charge in [0.1, 0.15) is 0 Å². The Kier molecular flexibility index (Phi) is 7.67. The number of nitrogens with two attached hydrogens (primary N) is 4. The first kappa shape index (κ1) is 22.9. The van der Waals surface area contributed by atoms with Gasteiger partial charge in [-0.05, 0) is 56.2 Å². The summed E-state index contributed by atoms with van der Waals surface area (Å²) in [5, 5.41) is 20.7. The van der Waals surface area contributed by atoms with E-state index in [1.807, 2.05) is 19.1 Å². The Morgan fingerprint density at radius 3 is 1.81 bits per heavy atom. The van der Waals surface area contributed by atoms with Gasteiger partial charge in [0.25, 0.3) is 0 Å². The molecule has 162 valence electrons. The third-order valence-corrected chi connectivity index (χ3v) is 4.07. The van der Waals surface area contributed by atoms with Gasteiger partial charge in [0, 0.05) is 16.9 Å². The molecule has 0 radical (unpaired) electrons. The van der Waals surface area contributed by atoms with Crippen molar-refractivity contribution < 1.29 is 4.79 Å². The van der Waals surface area contributed by atoms with Crippen LogP contribution in [0.2, 0.25) is 0 Å². The Labute approximate surface area is 180 Å². The van der Waals surface area contributed by atoms with E-state index in [1.54, 1.807) is 44.2 Å². The summed E-state index contributed by atoms with van der Waals surface area (Å²) in [6.45, 7) is 5.47. The molecule has 0 saturated carbocycles. The van der Waals surface area contributed by atoms with Crippen molar-refractivity contribution in [3.05, 3.63) is 59.2 Å². The first-order chi connectivity index (χ1) is 14.7. The van der Waals surface area contributed by atoms with Gasteiger partial charge in [-0.15, -0.1) is 10.2 Å². The molecule has 0 fully saturated rings. The number of urea groups is 1. The molecule has 0 aliphatic rings. The average molecular weight is 422 g/mol. The van der Waals surface area contributed by atoms with Gasteiger partial charge in [-0.25, -0.2) is 4.79 Å². The lowest BCUT2D eigenvalue weighted by molar-refractivity contribution is 0.262. The highest BCUT2D eigenvalue weighted by atomic mass is 16.2. The van der Waals surface area contributed by atoms with Crippen LogP contribution >= 0.6 is 0 Å². The van der Waals surface area contributed by atoms with Gasteiger partial charge < -0.3 is 33.6 Å².